The molecule has 3 aliphatic rings. The van der Waals surface area contributed by atoms with E-state index in [9.17, 15) is 0 Å². The molecule has 0 radical (unpaired) electrons. The molecule has 0 spiro atoms. The van der Waals surface area contributed by atoms with Crippen molar-refractivity contribution in [1.29, 1.82) is 0 Å². The van der Waals surface area contributed by atoms with Crippen molar-refractivity contribution in [1.82, 2.24) is 19.8 Å². The monoisotopic (exact) mass is 355 g/mol. The molecule has 2 saturated heterocycles. The summed E-state index contributed by atoms with van der Waals surface area (Å²) in [7, 11) is 0. The zero-order chi connectivity index (χ0) is 16.6. The maximum Gasteiger partial charge on any atom is 0.128 e. The number of aromatic nitrogens is 2. The Balaban J connectivity index is 1.08. The van der Waals surface area contributed by atoms with Crippen molar-refractivity contribution in [3.8, 4) is 0 Å². The average molecular weight is 356 g/mol. The first kappa shape index (κ1) is 15.7. The molecule has 5 nitrogen and oxygen atoms in total. The van der Waals surface area contributed by atoms with Gasteiger partial charge in [0.15, 0.2) is 0 Å². The highest BCUT2D eigenvalue weighted by molar-refractivity contribution is 7.09. The highest BCUT2D eigenvalue weighted by Gasteiger charge is 2.34. The van der Waals surface area contributed by atoms with E-state index in [0.717, 1.165) is 50.5 Å². The molecule has 3 fully saturated rings. The Hall–Kier alpha value is -1.50. The van der Waals surface area contributed by atoms with E-state index in [1.54, 1.807) is 0 Å². The topological polar surface area (TPSA) is 35.5 Å². The van der Waals surface area contributed by atoms with Crippen LogP contribution in [-0.4, -0.2) is 65.1 Å². The van der Waals surface area contributed by atoms with Gasteiger partial charge in [-0.1, -0.05) is 6.07 Å². The smallest absolute Gasteiger partial charge is 0.128 e. The van der Waals surface area contributed by atoms with E-state index in [1.165, 1.54) is 36.6 Å². The van der Waals surface area contributed by atoms with Crippen molar-refractivity contribution >= 4 is 17.2 Å². The number of hydrogen-bond acceptors (Lipinski definition) is 6. The third kappa shape index (κ3) is 3.43. The molecule has 4 heterocycles. The van der Waals surface area contributed by atoms with Gasteiger partial charge >= 0.3 is 0 Å². The first-order valence-corrected chi connectivity index (χ1v) is 10.3. The second-order valence-corrected chi connectivity index (χ2v) is 8.40. The summed E-state index contributed by atoms with van der Waals surface area (Å²) in [5, 5.41) is 3.64. The standard InChI is InChI=1S/C19H25N5S/c1-2-6-20-18(3-1)24-9-7-23(8-10-24)17-12-22(13-17)11-16-14-25-19(21-16)15-4-5-15/h1-3,6,14-15,17H,4-5,7-13H2. The first-order valence-electron chi connectivity index (χ1n) is 9.42. The van der Waals surface area contributed by atoms with Crippen LogP contribution in [0.3, 0.4) is 0 Å². The predicted octanol–water partition coefficient (Wildman–Crippen LogP) is 2.42. The number of rotatable bonds is 5. The summed E-state index contributed by atoms with van der Waals surface area (Å²) in [5.74, 6) is 1.91. The van der Waals surface area contributed by atoms with Gasteiger partial charge < -0.3 is 4.90 Å². The molecule has 0 bridgehead atoms. The van der Waals surface area contributed by atoms with Gasteiger partial charge in [-0.15, -0.1) is 11.3 Å². The van der Waals surface area contributed by atoms with Gasteiger partial charge in [0.25, 0.3) is 0 Å². The van der Waals surface area contributed by atoms with Crippen molar-refractivity contribution in [3.63, 3.8) is 0 Å². The molecule has 0 aromatic carbocycles. The molecule has 2 aromatic heterocycles. The number of likely N-dealkylation sites (tertiary alicyclic amines) is 1. The lowest BCUT2D eigenvalue weighted by atomic mass is 10.1. The normalized spacial score (nSPS) is 23.0. The maximum absolute atomic E-state index is 4.82. The molecule has 2 aromatic rings. The van der Waals surface area contributed by atoms with E-state index in [0.29, 0.717) is 0 Å². The minimum atomic E-state index is 0.729. The summed E-state index contributed by atoms with van der Waals surface area (Å²) in [6, 6.07) is 6.90. The second-order valence-electron chi connectivity index (χ2n) is 7.51. The molecule has 132 valence electrons. The Morgan fingerprint density at radius 1 is 1.08 bits per heavy atom. The fourth-order valence-corrected chi connectivity index (χ4v) is 4.88. The third-order valence-corrected chi connectivity index (χ3v) is 6.68. The third-order valence-electron chi connectivity index (χ3n) is 5.62. The second kappa shape index (κ2) is 6.67. The Kier molecular flexibility index (Phi) is 4.19. The summed E-state index contributed by atoms with van der Waals surface area (Å²) >= 11 is 1.86. The quantitative estimate of drug-likeness (QED) is 0.823. The van der Waals surface area contributed by atoms with Crippen molar-refractivity contribution in [2.45, 2.75) is 31.3 Å². The van der Waals surface area contributed by atoms with Gasteiger partial charge in [-0.3, -0.25) is 9.80 Å². The minimum absolute atomic E-state index is 0.729. The summed E-state index contributed by atoms with van der Waals surface area (Å²) in [4.78, 5) is 16.9. The predicted molar refractivity (Wildman–Crippen MR) is 101 cm³/mol. The van der Waals surface area contributed by atoms with Crippen LogP contribution in [0.15, 0.2) is 29.8 Å². The molecule has 0 unspecified atom stereocenters. The van der Waals surface area contributed by atoms with Crippen LogP contribution < -0.4 is 4.90 Å². The zero-order valence-corrected chi connectivity index (χ0v) is 15.4. The molecule has 25 heavy (non-hydrogen) atoms. The summed E-state index contributed by atoms with van der Waals surface area (Å²) in [6.45, 7) is 7.90. The van der Waals surface area contributed by atoms with Gasteiger partial charge in [0.05, 0.1) is 10.7 Å². The lowest BCUT2D eigenvalue weighted by Gasteiger charge is -2.48. The first-order chi connectivity index (χ1) is 12.3. The van der Waals surface area contributed by atoms with Gasteiger partial charge in [0.1, 0.15) is 5.82 Å². The van der Waals surface area contributed by atoms with Crippen LogP contribution in [0.5, 0.6) is 0 Å². The molecule has 5 rings (SSSR count). The summed E-state index contributed by atoms with van der Waals surface area (Å²) < 4.78 is 0. The Bertz CT molecular complexity index is 700. The van der Waals surface area contributed by atoms with Crippen LogP contribution in [-0.2, 0) is 6.54 Å². The fourth-order valence-electron chi connectivity index (χ4n) is 3.90. The fraction of sp³-hybridized carbons (Fsp3) is 0.579. The van der Waals surface area contributed by atoms with E-state index in [4.69, 9.17) is 4.98 Å². The van der Waals surface area contributed by atoms with Crippen molar-refractivity contribution in [2.75, 3.05) is 44.2 Å². The lowest BCUT2D eigenvalue weighted by molar-refractivity contribution is 0.0249. The van der Waals surface area contributed by atoms with E-state index in [-0.39, 0.29) is 0 Å². The van der Waals surface area contributed by atoms with Crippen molar-refractivity contribution in [3.05, 3.63) is 40.5 Å². The van der Waals surface area contributed by atoms with Gasteiger partial charge in [-0.2, -0.15) is 0 Å². The summed E-state index contributed by atoms with van der Waals surface area (Å²) in [6.07, 6.45) is 4.59. The van der Waals surface area contributed by atoms with Crippen molar-refractivity contribution in [2.24, 2.45) is 0 Å². The molecular weight excluding hydrogens is 330 g/mol. The molecule has 0 amide bonds. The van der Waals surface area contributed by atoms with Crippen LogP contribution >= 0.6 is 11.3 Å². The van der Waals surface area contributed by atoms with E-state index in [1.807, 2.05) is 23.6 Å². The SMILES string of the molecule is c1ccc(N2CCN(C3CN(Cc4csc(C5CC5)n4)C3)CC2)nc1. The molecule has 1 saturated carbocycles. The minimum Gasteiger partial charge on any atom is -0.354 e. The van der Waals surface area contributed by atoms with Crippen LogP contribution in [0.1, 0.15) is 29.5 Å². The molecule has 2 aliphatic heterocycles. The number of thiazole rings is 1. The largest absolute Gasteiger partial charge is 0.354 e. The number of nitrogens with zero attached hydrogens (tertiary/aromatic N) is 5. The van der Waals surface area contributed by atoms with Crippen LogP contribution in [0, 0.1) is 0 Å². The Labute approximate surface area is 153 Å². The highest BCUT2D eigenvalue weighted by atomic mass is 32.1. The molecule has 0 N–H and O–H groups in total. The maximum atomic E-state index is 4.82. The van der Waals surface area contributed by atoms with Crippen LogP contribution in [0.2, 0.25) is 0 Å². The molecular formula is C19H25N5S. The van der Waals surface area contributed by atoms with E-state index >= 15 is 0 Å². The van der Waals surface area contributed by atoms with Gasteiger partial charge in [0.2, 0.25) is 0 Å². The Morgan fingerprint density at radius 2 is 1.92 bits per heavy atom. The molecule has 1 aliphatic carbocycles. The van der Waals surface area contributed by atoms with E-state index < -0.39 is 0 Å². The highest BCUT2D eigenvalue weighted by Crippen LogP contribution is 2.41. The van der Waals surface area contributed by atoms with Crippen LogP contribution in [0.4, 0.5) is 5.82 Å². The van der Waals surface area contributed by atoms with Gasteiger partial charge in [-0.25, -0.2) is 9.97 Å². The number of pyridine rings is 1. The zero-order valence-electron chi connectivity index (χ0n) is 14.5. The van der Waals surface area contributed by atoms with Crippen LogP contribution in [0.25, 0.3) is 0 Å². The van der Waals surface area contributed by atoms with Crippen molar-refractivity contribution < 1.29 is 0 Å². The van der Waals surface area contributed by atoms with Gasteiger partial charge in [-0.05, 0) is 25.0 Å². The molecule has 6 heteroatoms. The lowest BCUT2D eigenvalue weighted by Crippen LogP contribution is -2.62. The number of anilines is 1. The number of hydrogen-bond donors (Lipinski definition) is 0. The summed E-state index contributed by atoms with van der Waals surface area (Å²) in [5.41, 5.74) is 1.28. The van der Waals surface area contributed by atoms with Gasteiger partial charge in [0, 0.05) is 69.3 Å². The van der Waals surface area contributed by atoms with E-state index in [2.05, 4.69) is 37.2 Å². The Morgan fingerprint density at radius 3 is 2.64 bits per heavy atom. The number of piperazine rings is 1. The average Bonchev–Trinajstić information content (AvgIpc) is 3.38. The molecule has 0 atom stereocenters.